The van der Waals surface area contributed by atoms with Gasteiger partial charge in [0.1, 0.15) is 0 Å². The summed E-state index contributed by atoms with van der Waals surface area (Å²) in [5.41, 5.74) is 2.20. The Morgan fingerprint density at radius 2 is 1.92 bits per heavy atom. The van der Waals surface area contributed by atoms with Crippen molar-refractivity contribution in [2.45, 2.75) is 57.5 Å². The molecule has 1 heterocycles. The highest BCUT2D eigenvalue weighted by molar-refractivity contribution is 5.93. The van der Waals surface area contributed by atoms with Crippen LogP contribution in [0.15, 0.2) is 29.3 Å². The van der Waals surface area contributed by atoms with Gasteiger partial charge in [-0.25, -0.2) is 0 Å². The van der Waals surface area contributed by atoms with Crippen molar-refractivity contribution < 1.29 is 4.79 Å². The third kappa shape index (κ3) is 4.28. The molecular weight excluding hydrogens is 300 g/mol. The first-order chi connectivity index (χ1) is 11.8. The van der Waals surface area contributed by atoms with E-state index in [4.69, 9.17) is 0 Å². The van der Waals surface area contributed by atoms with Crippen LogP contribution in [0, 0.1) is 0 Å². The maximum Gasteiger partial charge on any atom is 0.226 e. The topological polar surface area (TPSA) is 56.7 Å². The van der Waals surface area contributed by atoms with Crippen molar-refractivity contribution in [2.24, 2.45) is 4.99 Å². The normalized spacial score (nSPS) is 19.6. The molecule has 3 rings (SSSR count). The van der Waals surface area contributed by atoms with Crippen LogP contribution in [0.5, 0.6) is 0 Å². The van der Waals surface area contributed by atoms with E-state index in [2.05, 4.69) is 27.8 Å². The van der Waals surface area contributed by atoms with E-state index in [1.165, 1.54) is 31.2 Å². The van der Waals surface area contributed by atoms with Gasteiger partial charge in [0.05, 0.1) is 0 Å². The van der Waals surface area contributed by atoms with E-state index in [0.29, 0.717) is 12.5 Å². The largest absolute Gasteiger partial charge is 0.354 e. The van der Waals surface area contributed by atoms with Gasteiger partial charge in [0.15, 0.2) is 5.96 Å². The molecule has 1 saturated heterocycles. The highest BCUT2D eigenvalue weighted by Crippen LogP contribution is 2.21. The van der Waals surface area contributed by atoms with Crippen LogP contribution in [0.2, 0.25) is 0 Å². The monoisotopic (exact) mass is 328 g/mol. The number of amides is 1. The number of nitrogens with one attached hydrogen (secondary N) is 2. The van der Waals surface area contributed by atoms with E-state index in [1.807, 2.05) is 24.1 Å². The zero-order chi connectivity index (χ0) is 16.8. The van der Waals surface area contributed by atoms with Crippen LogP contribution < -0.4 is 15.5 Å². The highest BCUT2D eigenvalue weighted by Gasteiger charge is 2.19. The number of aliphatic imine (C=N–C) groups is 1. The van der Waals surface area contributed by atoms with Gasteiger partial charge in [0.25, 0.3) is 0 Å². The number of benzene rings is 1. The SMILES string of the molecule is CN=C(NCc1ccc(N2CCCCC2=O)cc1)NC1CCCC1. The Morgan fingerprint density at radius 1 is 1.17 bits per heavy atom. The second kappa shape index (κ2) is 8.18. The quantitative estimate of drug-likeness (QED) is 0.660. The average Bonchev–Trinajstić information content (AvgIpc) is 3.13. The summed E-state index contributed by atoms with van der Waals surface area (Å²) in [4.78, 5) is 18.2. The Bertz CT molecular complexity index is 576. The van der Waals surface area contributed by atoms with Crippen LogP contribution in [0.25, 0.3) is 0 Å². The molecule has 0 atom stereocenters. The molecule has 2 fully saturated rings. The van der Waals surface area contributed by atoms with Crippen molar-refractivity contribution in [2.75, 3.05) is 18.5 Å². The van der Waals surface area contributed by atoms with Crippen LogP contribution in [0.1, 0.15) is 50.5 Å². The molecule has 2 aliphatic rings. The molecule has 0 aromatic heterocycles. The second-order valence-corrected chi connectivity index (χ2v) is 6.72. The minimum atomic E-state index is 0.244. The Kier molecular flexibility index (Phi) is 5.72. The summed E-state index contributed by atoms with van der Waals surface area (Å²) in [6.45, 7) is 1.58. The molecule has 0 bridgehead atoms. The van der Waals surface area contributed by atoms with Gasteiger partial charge in [-0.05, 0) is 43.4 Å². The van der Waals surface area contributed by atoms with Crippen molar-refractivity contribution in [3.05, 3.63) is 29.8 Å². The Morgan fingerprint density at radius 3 is 2.58 bits per heavy atom. The number of rotatable bonds is 4. The van der Waals surface area contributed by atoms with Crippen LogP contribution in [-0.2, 0) is 11.3 Å². The van der Waals surface area contributed by atoms with E-state index in [1.54, 1.807) is 0 Å². The van der Waals surface area contributed by atoms with Crippen molar-refractivity contribution in [3.8, 4) is 0 Å². The molecular formula is C19H28N4O. The summed E-state index contributed by atoms with van der Waals surface area (Å²) in [5.74, 6) is 1.12. The summed E-state index contributed by atoms with van der Waals surface area (Å²) in [6, 6.07) is 8.84. The maximum absolute atomic E-state index is 12.0. The van der Waals surface area contributed by atoms with E-state index in [0.717, 1.165) is 37.6 Å². The molecule has 1 aromatic carbocycles. The third-order valence-corrected chi connectivity index (χ3v) is 4.95. The predicted molar refractivity (Wildman–Crippen MR) is 98.2 cm³/mol. The van der Waals surface area contributed by atoms with E-state index >= 15 is 0 Å². The molecule has 1 amide bonds. The fourth-order valence-corrected chi connectivity index (χ4v) is 3.52. The number of piperidine rings is 1. The smallest absolute Gasteiger partial charge is 0.226 e. The fraction of sp³-hybridized carbons (Fsp3) is 0.579. The molecule has 0 unspecified atom stereocenters. The van der Waals surface area contributed by atoms with Crippen LogP contribution in [-0.4, -0.2) is 31.5 Å². The number of guanidine groups is 1. The van der Waals surface area contributed by atoms with Crippen LogP contribution in [0.3, 0.4) is 0 Å². The van der Waals surface area contributed by atoms with Crippen molar-refractivity contribution in [3.63, 3.8) is 0 Å². The molecule has 2 N–H and O–H groups in total. The Labute approximate surface area is 144 Å². The fourth-order valence-electron chi connectivity index (χ4n) is 3.52. The Hall–Kier alpha value is -2.04. The maximum atomic E-state index is 12.0. The minimum Gasteiger partial charge on any atom is -0.354 e. The summed E-state index contributed by atoms with van der Waals surface area (Å²) in [7, 11) is 1.81. The van der Waals surface area contributed by atoms with E-state index in [-0.39, 0.29) is 5.91 Å². The molecule has 130 valence electrons. The Balaban J connectivity index is 1.52. The molecule has 24 heavy (non-hydrogen) atoms. The van der Waals surface area contributed by atoms with Crippen molar-refractivity contribution >= 4 is 17.6 Å². The first-order valence-corrected chi connectivity index (χ1v) is 9.13. The summed E-state index contributed by atoms with van der Waals surface area (Å²) in [6.07, 6.45) is 7.88. The molecule has 0 spiro atoms. The minimum absolute atomic E-state index is 0.244. The number of carbonyl (C=O) groups is 1. The summed E-state index contributed by atoms with van der Waals surface area (Å²) < 4.78 is 0. The molecule has 1 aromatic rings. The lowest BCUT2D eigenvalue weighted by atomic mass is 10.1. The standard InChI is InChI=1S/C19H28N4O/c1-20-19(22-16-6-2-3-7-16)21-14-15-9-11-17(12-10-15)23-13-5-4-8-18(23)24/h9-12,16H,2-8,13-14H2,1H3,(H2,20,21,22). The van der Waals surface area contributed by atoms with Gasteiger partial charge in [-0.3, -0.25) is 9.79 Å². The lowest BCUT2D eigenvalue weighted by molar-refractivity contribution is -0.119. The molecule has 1 aliphatic carbocycles. The van der Waals surface area contributed by atoms with Gasteiger partial charge in [-0.1, -0.05) is 25.0 Å². The third-order valence-electron chi connectivity index (χ3n) is 4.95. The number of hydrogen-bond donors (Lipinski definition) is 2. The van der Waals surface area contributed by atoms with E-state index in [9.17, 15) is 4.79 Å². The van der Waals surface area contributed by atoms with Crippen LogP contribution >= 0.6 is 0 Å². The second-order valence-electron chi connectivity index (χ2n) is 6.72. The molecule has 0 radical (unpaired) electrons. The first-order valence-electron chi connectivity index (χ1n) is 9.13. The van der Waals surface area contributed by atoms with Gasteiger partial charge in [0, 0.05) is 38.3 Å². The number of nitrogens with zero attached hydrogens (tertiary/aromatic N) is 2. The van der Waals surface area contributed by atoms with Crippen LogP contribution in [0.4, 0.5) is 5.69 Å². The van der Waals surface area contributed by atoms with Crippen molar-refractivity contribution in [1.82, 2.24) is 10.6 Å². The van der Waals surface area contributed by atoms with Gasteiger partial charge < -0.3 is 15.5 Å². The van der Waals surface area contributed by atoms with Gasteiger partial charge >= 0.3 is 0 Å². The zero-order valence-electron chi connectivity index (χ0n) is 14.6. The average molecular weight is 328 g/mol. The first kappa shape index (κ1) is 16.8. The highest BCUT2D eigenvalue weighted by atomic mass is 16.2. The van der Waals surface area contributed by atoms with Gasteiger partial charge in [-0.2, -0.15) is 0 Å². The van der Waals surface area contributed by atoms with Gasteiger partial charge in [0.2, 0.25) is 5.91 Å². The van der Waals surface area contributed by atoms with E-state index < -0.39 is 0 Å². The molecule has 1 saturated carbocycles. The van der Waals surface area contributed by atoms with Gasteiger partial charge in [-0.15, -0.1) is 0 Å². The summed E-state index contributed by atoms with van der Waals surface area (Å²) >= 11 is 0. The number of anilines is 1. The molecule has 1 aliphatic heterocycles. The number of carbonyl (C=O) groups excluding carboxylic acids is 1. The lowest BCUT2D eigenvalue weighted by Crippen LogP contribution is -2.41. The lowest BCUT2D eigenvalue weighted by Gasteiger charge is -2.27. The molecule has 5 heteroatoms. The predicted octanol–water partition coefficient (Wildman–Crippen LogP) is 2.81. The number of hydrogen-bond acceptors (Lipinski definition) is 2. The zero-order valence-corrected chi connectivity index (χ0v) is 14.6. The van der Waals surface area contributed by atoms with Crippen molar-refractivity contribution in [1.29, 1.82) is 0 Å². The summed E-state index contributed by atoms with van der Waals surface area (Å²) in [5, 5.41) is 6.87. The molecule has 5 nitrogen and oxygen atoms in total.